The number of nitrogens with zero attached hydrogens (tertiary/aromatic N) is 2. The summed E-state index contributed by atoms with van der Waals surface area (Å²) in [7, 11) is -1.70. The largest absolute Gasteiger partial charge is 0.474 e. The van der Waals surface area contributed by atoms with Crippen molar-refractivity contribution in [2.45, 2.75) is 44.3 Å². The summed E-state index contributed by atoms with van der Waals surface area (Å²) in [6.07, 6.45) is 3.39. The Balaban J connectivity index is 2.22. The minimum atomic E-state index is -1.70. The Morgan fingerprint density at radius 2 is 2.09 bits per heavy atom. The van der Waals surface area contributed by atoms with E-state index < -0.39 is 8.07 Å². The average Bonchev–Trinajstić information content (AvgIpc) is 2.93. The molecule has 2 aromatic rings. The summed E-state index contributed by atoms with van der Waals surface area (Å²) in [6, 6.07) is 3.93. The second kappa shape index (κ2) is 6.26. The van der Waals surface area contributed by atoms with Crippen LogP contribution in [0, 0.1) is 0 Å². The minimum Gasteiger partial charge on any atom is -0.474 e. The van der Waals surface area contributed by atoms with Crippen LogP contribution in [0.5, 0.6) is 0 Å². The lowest BCUT2D eigenvalue weighted by Crippen LogP contribution is -2.43. The first-order valence-electron chi connectivity index (χ1n) is 7.08. The highest BCUT2D eigenvalue weighted by molar-refractivity contribution is 8.01. The van der Waals surface area contributed by atoms with Crippen LogP contribution in [0.25, 0.3) is 0 Å². The van der Waals surface area contributed by atoms with Crippen LogP contribution in [-0.4, -0.2) is 23.2 Å². The van der Waals surface area contributed by atoms with E-state index in [1.807, 2.05) is 32.9 Å². The molecule has 0 saturated carbocycles. The van der Waals surface area contributed by atoms with E-state index in [-0.39, 0.29) is 16.1 Å². The third-order valence-electron chi connectivity index (χ3n) is 3.30. The van der Waals surface area contributed by atoms with Crippen molar-refractivity contribution in [1.82, 2.24) is 9.78 Å². The lowest BCUT2D eigenvalue weighted by Gasteiger charge is -2.22. The standard InChI is InChI=1S/C15H21ClN2O2SSi/c1-15(2,3)18-14(19)13(16)11(9-17-18)21-10-22(4,5)12-7-6-8-20-12/h6-9H,10H2,1-5H3. The van der Waals surface area contributed by atoms with Crippen molar-refractivity contribution in [3.05, 3.63) is 40.0 Å². The molecule has 4 nitrogen and oxygen atoms in total. The molecule has 120 valence electrons. The van der Waals surface area contributed by atoms with Crippen LogP contribution < -0.4 is 10.9 Å². The number of furan rings is 1. The molecule has 0 bridgehead atoms. The Labute approximate surface area is 140 Å². The fraction of sp³-hybridized carbons (Fsp3) is 0.467. The molecule has 0 amide bonds. The second-order valence-corrected chi connectivity index (χ2v) is 13.4. The zero-order valence-electron chi connectivity index (χ0n) is 13.5. The predicted molar refractivity (Wildman–Crippen MR) is 95.1 cm³/mol. The van der Waals surface area contributed by atoms with Gasteiger partial charge in [-0.15, -0.1) is 11.8 Å². The van der Waals surface area contributed by atoms with Gasteiger partial charge in [0.25, 0.3) is 5.56 Å². The number of hydrogen-bond donors (Lipinski definition) is 0. The minimum absolute atomic E-state index is 0.239. The maximum atomic E-state index is 12.3. The summed E-state index contributed by atoms with van der Waals surface area (Å²) < 4.78 is 6.96. The molecule has 2 heterocycles. The number of aromatic nitrogens is 2. The summed E-state index contributed by atoms with van der Waals surface area (Å²) in [6.45, 7) is 10.2. The summed E-state index contributed by atoms with van der Waals surface area (Å²) in [5, 5.41) is 6.44. The Hall–Kier alpha value is -0.983. The molecule has 2 rings (SSSR count). The van der Waals surface area contributed by atoms with Gasteiger partial charge in [-0.05, 0) is 32.9 Å². The van der Waals surface area contributed by atoms with Gasteiger partial charge < -0.3 is 4.42 Å². The van der Waals surface area contributed by atoms with Crippen LogP contribution in [0.2, 0.25) is 18.1 Å². The number of thioether (sulfide) groups is 1. The van der Waals surface area contributed by atoms with Gasteiger partial charge in [-0.3, -0.25) is 4.79 Å². The molecular weight excluding hydrogens is 336 g/mol. The van der Waals surface area contributed by atoms with Crippen LogP contribution in [0.4, 0.5) is 0 Å². The highest BCUT2D eigenvalue weighted by atomic mass is 35.5. The van der Waals surface area contributed by atoms with E-state index in [1.165, 1.54) is 4.68 Å². The van der Waals surface area contributed by atoms with Crippen molar-refractivity contribution in [3.63, 3.8) is 0 Å². The molecule has 0 aliphatic carbocycles. The fourth-order valence-corrected chi connectivity index (χ4v) is 6.19. The Morgan fingerprint density at radius 1 is 1.41 bits per heavy atom. The summed E-state index contributed by atoms with van der Waals surface area (Å²) in [5.74, 6) is 0. The molecule has 0 saturated heterocycles. The first kappa shape index (κ1) is 17.4. The van der Waals surface area contributed by atoms with Gasteiger partial charge in [-0.2, -0.15) is 5.10 Å². The maximum Gasteiger partial charge on any atom is 0.287 e. The van der Waals surface area contributed by atoms with E-state index in [4.69, 9.17) is 16.0 Å². The molecule has 0 N–H and O–H groups in total. The lowest BCUT2D eigenvalue weighted by atomic mass is 10.1. The van der Waals surface area contributed by atoms with Crippen LogP contribution in [0.3, 0.4) is 0 Å². The van der Waals surface area contributed by atoms with Gasteiger partial charge in [0.05, 0.1) is 28.3 Å². The van der Waals surface area contributed by atoms with Crippen molar-refractivity contribution >= 4 is 36.8 Å². The van der Waals surface area contributed by atoms with Crippen molar-refractivity contribution in [3.8, 4) is 0 Å². The van der Waals surface area contributed by atoms with E-state index in [0.717, 1.165) is 15.7 Å². The molecule has 0 aromatic carbocycles. The third-order valence-corrected chi connectivity index (χ3v) is 9.48. The third kappa shape index (κ3) is 3.67. The normalized spacial score (nSPS) is 12.6. The van der Waals surface area contributed by atoms with Gasteiger partial charge >= 0.3 is 0 Å². The first-order chi connectivity index (χ1) is 10.1. The predicted octanol–water partition coefficient (Wildman–Crippen LogP) is 3.49. The van der Waals surface area contributed by atoms with Crippen molar-refractivity contribution in [2.24, 2.45) is 0 Å². The van der Waals surface area contributed by atoms with Gasteiger partial charge in [0.2, 0.25) is 0 Å². The van der Waals surface area contributed by atoms with E-state index in [9.17, 15) is 4.79 Å². The summed E-state index contributed by atoms with van der Waals surface area (Å²) in [5.41, 5.74) is -0.622. The number of rotatable bonds is 4. The van der Waals surface area contributed by atoms with Gasteiger partial charge in [-0.25, -0.2) is 4.68 Å². The van der Waals surface area contributed by atoms with Crippen molar-refractivity contribution < 1.29 is 4.42 Å². The maximum absolute atomic E-state index is 12.3. The smallest absolute Gasteiger partial charge is 0.287 e. The van der Waals surface area contributed by atoms with Gasteiger partial charge in [0.15, 0.2) is 0 Å². The fourth-order valence-electron chi connectivity index (χ4n) is 1.99. The van der Waals surface area contributed by atoms with Crippen molar-refractivity contribution in [2.75, 3.05) is 5.38 Å². The molecule has 0 spiro atoms. The Morgan fingerprint density at radius 3 is 2.64 bits per heavy atom. The van der Waals surface area contributed by atoms with Crippen LogP contribution in [0.15, 0.2) is 38.7 Å². The summed E-state index contributed by atoms with van der Waals surface area (Å²) >= 11 is 7.84. The van der Waals surface area contributed by atoms with E-state index in [0.29, 0.717) is 0 Å². The van der Waals surface area contributed by atoms with Crippen molar-refractivity contribution in [1.29, 1.82) is 0 Å². The highest BCUT2D eigenvalue weighted by Gasteiger charge is 2.28. The highest BCUT2D eigenvalue weighted by Crippen LogP contribution is 2.27. The van der Waals surface area contributed by atoms with Crippen LogP contribution in [0.1, 0.15) is 20.8 Å². The van der Waals surface area contributed by atoms with E-state index in [1.54, 1.807) is 24.2 Å². The quantitative estimate of drug-likeness (QED) is 0.621. The molecule has 0 unspecified atom stereocenters. The molecule has 7 heteroatoms. The zero-order chi connectivity index (χ0) is 16.5. The number of halogens is 1. The van der Waals surface area contributed by atoms with Crippen LogP contribution in [-0.2, 0) is 5.54 Å². The number of hydrogen-bond acceptors (Lipinski definition) is 4. The molecule has 2 aromatic heterocycles. The monoisotopic (exact) mass is 356 g/mol. The van der Waals surface area contributed by atoms with Gasteiger partial charge in [-0.1, -0.05) is 24.7 Å². The average molecular weight is 357 g/mol. The van der Waals surface area contributed by atoms with Crippen LogP contribution >= 0.6 is 23.4 Å². The molecule has 22 heavy (non-hydrogen) atoms. The first-order valence-corrected chi connectivity index (χ1v) is 11.6. The molecule has 0 fully saturated rings. The van der Waals surface area contributed by atoms with E-state index >= 15 is 0 Å². The van der Waals surface area contributed by atoms with E-state index in [2.05, 4.69) is 18.2 Å². The van der Waals surface area contributed by atoms with Gasteiger partial charge in [0.1, 0.15) is 13.1 Å². The Kier molecular flexibility index (Phi) is 4.94. The molecule has 0 radical (unpaired) electrons. The topological polar surface area (TPSA) is 48.0 Å². The van der Waals surface area contributed by atoms with Gasteiger partial charge in [0, 0.05) is 5.38 Å². The lowest BCUT2D eigenvalue weighted by molar-refractivity contribution is 0.336. The molecule has 0 aliphatic rings. The molecule has 0 aliphatic heterocycles. The second-order valence-electron chi connectivity index (χ2n) is 6.86. The SMILES string of the molecule is CC(C)(C)n1ncc(SC[Si](C)(C)c2ccco2)c(Cl)c1=O. The molecular formula is C15H21ClN2O2SSi. The zero-order valence-corrected chi connectivity index (χ0v) is 16.1. The summed E-state index contributed by atoms with van der Waals surface area (Å²) in [4.78, 5) is 13.1. The Bertz CT molecular complexity index is 705. The molecule has 0 atom stereocenters.